The van der Waals surface area contributed by atoms with Gasteiger partial charge in [-0.1, -0.05) is 29.8 Å². The summed E-state index contributed by atoms with van der Waals surface area (Å²) >= 11 is 6.09. The van der Waals surface area contributed by atoms with Crippen molar-refractivity contribution in [2.24, 2.45) is 0 Å². The van der Waals surface area contributed by atoms with E-state index >= 15 is 0 Å². The molecule has 0 heterocycles. The van der Waals surface area contributed by atoms with Crippen LogP contribution in [0.3, 0.4) is 0 Å². The molecule has 0 aliphatic rings. The van der Waals surface area contributed by atoms with E-state index in [0.29, 0.717) is 11.6 Å². The zero-order valence-corrected chi connectivity index (χ0v) is 15.3. The van der Waals surface area contributed by atoms with Gasteiger partial charge < -0.3 is 14.8 Å². The van der Waals surface area contributed by atoms with Crippen LogP contribution in [0.25, 0.3) is 11.1 Å². The number of benzene rings is 3. The quantitative estimate of drug-likeness (QED) is 0.596. The Hall–Kier alpha value is -2.72. The van der Waals surface area contributed by atoms with Gasteiger partial charge in [-0.3, -0.25) is 0 Å². The topological polar surface area (TPSA) is 30.5 Å². The van der Waals surface area contributed by atoms with Crippen molar-refractivity contribution in [1.29, 1.82) is 0 Å². The Labute approximate surface area is 157 Å². The maximum atomic E-state index is 13.2. The van der Waals surface area contributed by atoms with Gasteiger partial charge in [-0.05, 0) is 53.6 Å². The lowest BCUT2D eigenvalue weighted by atomic mass is 10.0. The first kappa shape index (κ1) is 18.1. The fourth-order valence-corrected chi connectivity index (χ4v) is 2.91. The molecule has 3 aromatic carbocycles. The van der Waals surface area contributed by atoms with Crippen LogP contribution in [0, 0.1) is 5.82 Å². The van der Waals surface area contributed by atoms with Crippen molar-refractivity contribution in [2.75, 3.05) is 19.5 Å². The predicted molar refractivity (Wildman–Crippen MR) is 104 cm³/mol. The number of nitrogens with one attached hydrogen (secondary N) is 1. The van der Waals surface area contributed by atoms with E-state index in [9.17, 15) is 4.39 Å². The fraction of sp³-hybridized carbons (Fsp3) is 0.143. The molecule has 0 atom stereocenters. The van der Waals surface area contributed by atoms with Gasteiger partial charge >= 0.3 is 0 Å². The highest BCUT2D eigenvalue weighted by Crippen LogP contribution is 2.33. The lowest BCUT2D eigenvalue weighted by molar-refractivity contribution is 0.414. The Morgan fingerprint density at radius 2 is 1.69 bits per heavy atom. The summed E-state index contributed by atoms with van der Waals surface area (Å²) in [5, 5.41) is 3.72. The largest absolute Gasteiger partial charge is 0.497 e. The molecule has 3 nitrogen and oxygen atoms in total. The van der Waals surface area contributed by atoms with Crippen LogP contribution in [0.4, 0.5) is 10.1 Å². The third-order valence-corrected chi connectivity index (χ3v) is 4.45. The molecular weight excluding hydrogens is 353 g/mol. The van der Waals surface area contributed by atoms with E-state index in [1.807, 2.05) is 42.5 Å². The van der Waals surface area contributed by atoms with Gasteiger partial charge in [0.25, 0.3) is 0 Å². The van der Waals surface area contributed by atoms with E-state index < -0.39 is 0 Å². The highest BCUT2D eigenvalue weighted by Gasteiger charge is 2.08. The van der Waals surface area contributed by atoms with E-state index in [1.165, 1.54) is 12.1 Å². The average molecular weight is 372 g/mol. The van der Waals surface area contributed by atoms with Crippen LogP contribution in [0.1, 0.15) is 5.56 Å². The predicted octanol–water partition coefficient (Wildman–Crippen LogP) is 5.78. The molecule has 5 heteroatoms. The van der Waals surface area contributed by atoms with Crippen LogP contribution in [-0.2, 0) is 6.54 Å². The molecule has 26 heavy (non-hydrogen) atoms. The van der Waals surface area contributed by atoms with Gasteiger partial charge in [-0.2, -0.15) is 0 Å². The third kappa shape index (κ3) is 4.09. The number of hydrogen-bond acceptors (Lipinski definition) is 3. The SMILES string of the molecule is COc1ccc(-c2cc(NCc3ccc(F)cc3Cl)ccc2OC)cc1. The van der Waals surface area contributed by atoms with Crippen LogP contribution in [0.15, 0.2) is 60.7 Å². The zero-order chi connectivity index (χ0) is 18.5. The molecular formula is C21H19ClFNO2. The lowest BCUT2D eigenvalue weighted by Gasteiger charge is -2.13. The summed E-state index contributed by atoms with van der Waals surface area (Å²) in [6.45, 7) is 0.494. The summed E-state index contributed by atoms with van der Waals surface area (Å²) in [5.41, 5.74) is 3.73. The molecule has 0 aliphatic carbocycles. The van der Waals surface area contributed by atoms with Crippen LogP contribution >= 0.6 is 11.6 Å². The third-order valence-electron chi connectivity index (χ3n) is 4.10. The molecule has 0 saturated heterocycles. The summed E-state index contributed by atoms with van der Waals surface area (Å²) < 4.78 is 23.9. The minimum absolute atomic E-state index is 0.343. The molecule has 0 aromatic heterocycles. The Balaban J connectivity index is 1.84. The smallest absolute Gasteiger partial charge is 0.126 e. The summed E-state index contributed by atoms with van der Waals surface area (Å²) in [6, 6.07) is 18.0. The van der Waals surface area contributed by atoms with Gasteiger partial charge in [0.05, 0.1) is 14.2 Å². The molecule has 0 aliphatic heterocycles. The van der Waals surface area contributed by atoms with Gasteiger partial charge in [-0.25, -0.2) is 4.39 Å². The number of anilines is 1. The van der Waals surface area contributed by atoms with Crippen molar-refractivity contribution in [3.05, 3.63) is 77.1 Å². The highest BCUT2D eigenvalue weighted by molar-refractivity contribution is 6.31. The van der Waals surface area contributed by atoms with Crippen molar-refractivity contribution < 1.29 is 13.9 Å². The summed E-state index contributed by atoms with van der Waals surface area (Å²) in [6.07, 6.45) is 0. The first-order chi connectivity index (χ1) is 12.6. The average Bonchev–Trinajstić information content (AvgIpc) is 2.67. The molecule has 0 bridgehead atoms. The summed E-state index contributed by atoms with van der Waals surface area (Å²) in [4.78, 5) is 0. The first-order valence-electron chi connectivity index (χ1n) is 8.11. The monoisotopic (exact) mass is 371 g/mol. The number of methoxy groups -OCH3 is 2. The minimum Gasteiger partial charge on any atom is -0.497 e. The molecule has 0 amide bonds. The van der Waals surface area contributed by atoms with Gasteiger partial charge in [0.2, 0.25) is 0 Å². The molecule has 1 N–H and O–H groups in total. The highest BCUT2D eigenvalue weighted by atomic mass is 35.5. The molecule has 0 radical (unpaired) electrons. The van der Waals surface area contributed by atoms with Crippen LogP contribution in [0.5, 0.6) is 11.5 Å². The number of halogens is 2. The number of hydrogen-bond donors (Lipinski definition) is 1. The normalized spacial score (nSPS) is 10.5. The van der Waals surface area contributed by atoms with E-state index in [0.717, 1.165) is 33.9 Å². The van der Waals surface area contributed by atoms with Crippen molar-refractivity contribution in [3.8, 4) is 22.6 Å². The van der Waals surface area contributed by atoms with E-state index in [1.54, 1.807) is 20.3 Å². The number of ether oxygens (including phenoxy) is 2. The standard InChI is InChI=1S/C21H19ClFNO2/c1-25-18-8-4-14(5-9-18)19-12-17(7-10-21(19)26-2)24-13-15-3-6-16(23)11-20(15)22/h3-12,24H,13H2,1-2H3. The van der Waals surface area contributed by atoms with Gasteiger partial charge in [0.15, 0.2) is 0 Å². The van der Waals surface area contributed by atoms with Gasteiger partial charge in [0.1, 0.15) is 17.3 Å². The Morgan fingerprint density at radius 3 is 2.35 bits per heavy atom. The zero-order valence-electron chi connectivity index (χ0n) is 14.6. The molecule has 0 saturated carbocycles. The summed E-state index contributed by atoms with van der Waals surface area (Å²) in [7, 11) is 3.29. The van der Waals surface area contributed by atoms with Crippen molar-refractivity contribution in [2.45, 2.75) is 6.54 Å². The second-order valence-electron chi connectivity index (χ2n) is 5.73. The van der Waals surface area contributed by atoms with Crippen molar-refractivity contribution in [3.63, 3.8) is 0 Å². The van der Waals surface area contributed by atoms with E-state index in [4.69, 9.17) is 21.1 Å². The second-order valence-corrected chi connectivity index (χ2v) is 6.14. The number of rotatable bonds is 6. The van der Waals surface area contributed by atoms with E-state index in [-0.39, 0.29) is 5.82 Å². The van der Waals surface area contributed by atoms with Crippen LogP contribution in [-0.4, -0.2) is 14.2 Å². The van der Waals surface area contributed by atoms with Crippen LogP contribution < -0.4 is 14.8 Å². The van der Waals surface area contributed by atoms with Crippen LogP contribution in [0.2, 0.25) is 5.02 Å². The lowest BCUT2D eigenvalue weighted by Crippen LogP contribution is -2.01. The van der Waals surface area contributed by atoms with Gasteiger partial charge in [0, 0.05) is 22.8 Å². The first-order valence-corrected chi connectivity index (χ1v) is 8.49. The maximum Gasteiger partial charge on any atom is 0.126 e. The van der Waals surface area contributed by atoms with Crippen molar-refractivity contribution >= 4 is 17.3 Å². The second kappa shape index (κ2) is 8.11. The Bertz CT molecular complexity index is 897. The fourth-order valence-electron chi connectivity index (χ4n) is 2.68. The maximum absolute atomic E-state index is 13.2. The van der Waals surface area contributed by atoms with Gasteiger partial charge in [-0.15, -0.1) is 0 Å². The van der Waals surface area contributed by atoms with Crippen molar-refractivity contribution in [1.82, 2.24) is 0 Å². The van der Waals surface area contributed by atoms with E-state index in [2.05, 4.69) is 5.32 Å². The molecule has 0 fully saturated rings. The minimum atomic E-state index is -0.343. The molecule has 0 spiro atoms. The summed E-state index contributed by atoms with van der Waals surface area (Å²) in [5.74, 6) is 1.23. The molecule has 0 unspecified atom stereocenters. The molecule has 3 aromatic rings. The Morgan fingerprint density at radius 1 is 0.923 bits per heavy atom. The Kier molecular flexibility index (Phi) is 5.64. The molecule has 3 rings (SSSR count). The molecule has 134 valence electrons.